The molecular formula is C22H18N8O4S2. The summed E-state index contributed by atoms with van der Waals surface area (Å²) in [6.07, 6.45) is 5.94. The monoisotopic (exact) mass is 522 g/mol. The van der Waals surface area contributed by atoms with Gasteiger partial charge in [0.25, 0.3) is 20.0 Å². The Morgan fingerprint density at radius 1 is 0.556 bits per heavy atom. The van der Waals surface area contributed by atoms with E-state index in [2.05, 4.69) is 29.6 Å². The smallest absolute Gasteiger partial charge is 0.263 e. The highest BCUT2D eigenvalue weighted by Gasteiger charge is 2.22. The first kappa shape index (κ1) is 23.2. The van der Waals surface area contributed by atoms with Crippen LogP contribution in [0.2, 0.25) is 0 Å². The minimum Gasteiger partial charge on any atom is -0.263 e. The second-order valence-corrected chi connectivity index (χ2v) is 10.7. The number of anilines is 2. The highest BCUT2D eigenvalue weighted by molar-refractivity contribution is 7.93. The fourth-order valence-electron chi connectivity index (χ4n) is 3.29. The largest absolute Gasteiger partial charge is 0.263 e. The van der Waals surface area contributed by atoms with Gasteiger partial charge in [-0.3, -0.25) is 9.44 Å². The van der Waals surface area contributed by atoms with E-state index in [0.717, 1.165) is 6.07 Å². The van der Waals surface area contributed by atoms with Gasteiger partial charge in [0.15, 0.2) is 11.6 Å². The third kappa shape index (κ3) is 4.67. The van der Waals surface area contributed by atoms with Gasteiger partial charge in [0.05, 0.1) is 22.2 Å². The Hall–Kier alpha value is -4.56. The molecule has 1 aromatic carbocycles. The van der Waals surface area contributed by atoms with E-state index >= 15 is 0 Å². The Balaban J connectivity index is 1.42. The zero-order valence-corrected chi connectivity index (χ0v) is 20.0. The Morgan fingerprint density at radius 2 is 1.03 bits per heavy atom. The molecule has 5 aromatic rings. The van der Waals surface area contributed by atoms with E-state index in [0.29, 0.717) is 11.6 Å². The predicted molar refractivity (Wildman–Crippen MR) is 131 cm³/mol. The first-order valence-electron chi connectivity index (χ1n) is 10.4. The molecule has 0 aliphatic heterocycles. The third-order valence-electron chi connectivity index (χ3n) is 4.92. The first-order valence-corrected chi connectivity index (χ1v) is 13.4. The molecule has 4 heterocycles. The number of pyridine rings is 2. The van der Waals surface area contributed by atoms with E-state index in [1.807, 2.05) is 0 Å². The third-order valence-corrected chi connectivity index (χ3v) is 7.63. The van der Waals surface area contributed by atoms with E-state index in [4.69, 9.17) is 0 Å². The van der Waals surface area contributed by atoms with Crippen molar-refractivity contribution >= 4 is 31.7 Å². The summed E-state index contributed by atoms with van der Waals surface area (Å²) in [4.78, 5) is 7.82. The van der Waals surface area contributed by atoms with Gasteiger partial charge in [-0.05, 0) is 42.5 Å². The number of nitrogens with one attached hydrogen (secondary N) is 2. The molecule has 0 bridgehead atoms. The van der Waals surface area contributed by atoms with Gasteiger partial charge in [-0.1, -0.05) is 18.2 Å². The van der Waals surface area contributed by atoms with Crippen LogP contribution in [0.15, 0.2) is 107 Å². The summed E-state index contributed by atoms with van der Waals surface area (Å²) in [5.74, 6) is 1.09. The van der Waals surface area contributed by atoms with Crippen LogP contribution < -0.4 is 9.44 Å². The molecule has 36 heavy (non-hydrogen) atoms. The molecular weight excluding hydrogens is 504 g/mol. The maximum Gasteiger partial charge on any atom is 0.263 e. The van der Waals surface area contributed by atoms with Crippen LogP contribution in [0.1, 0.15) is 0 Å². The molecule has 0 fully saturated rings. The molecule has 14 heteroatoms. The van der Waals surface area contributed by atoms with Crippen LogP contribution in [0.5, 0.6) is 0 Å². The van der Waals surface area contributed by atoms with E-state index in [1.54, 1.807) is 48.8 Å². The molecule has 12 nitrogen and oxygen atoms in total. The van der Waals surface area contributed by atoms with Crippen LogP contribution in [0, 0.1) is 0 Å². The molecule has 0 amide bonds. The lowest BCUT2D eigenvalue weighted by Gasteiger charge is -2.12. The molecule has 5 rings (SSSR count). The minimum atomic E-state index is -4.17. The number of benzene rings is 1. The van der Waals surface area contributed by atoms with Crippen LogP contribution in [0.4, 0.5) is 11.6 Å². The topological polar surface area (TPSA) is 154 Å². The van der Waals surface area contributed by atoms with Gasteiger partial charge >= 0.3 is 0 Å². The lowest BCUT2D eigenvalue weighted by atomic mass is 10.4. The van der Waals surface area contributed by atoms with E-state index in [1.165, 1.54) is 52.1 Å². The molecule has 0 aliphatic rings. The van der Waals surface area contributed by atoms with Crippen molar-refractivity contribution in [2.24, 2.45) is 0 Å². The van der Waals surface area contributed by atoms with Crippen molar-refractivity contribution in [2.45, 2.75) is 9.79 Å². The Kier molecular flexibility index (Phi) is 5.95. The fraction of sp³-hybridized carbons (Fsp3) is 0. The van der Waals surface area contributed by atoms with Gasteiger partial charge in [0.2, 0.25) is 0 Å². The number of hydrogen-bond acceptors (Lipinski definition) is 8. The molecule has 0 unspecified atom stereocenters. The van der Waals surface area contributed by atoms with E-state index < -0.39 is 20.0 Å². The predicted octanol–water partition coefficient (Wildman–Crippen LogP) is 2.45. The lowest BCUT2D eigenvalue weighted by molar-refractivity contribution is 0.599. The molecule has 0 saturated heterocycles. The molecule has 0 spiro atoms. The van der Waals surface area contributed by atoms with Gasteiger partial charge in [-0.15, -0.1) is 0 Å². The Bertz CT molecular complexity index is 1590. The molecule has 4 aromatic heterocycles. The van der Waals surface area contributed by atoms with Gasteiger partial charge in [-0.2, -0.15) is 19.6 Å². The molecule has 2 N–H and O–H groups in total. The van der Waals surface area contributed by atoms with Crippen LogP contribution in [-0.4, -0.2) is 46.4 Å². The van der Waals surface area contributed by atoms with Crippen molar-refractivity contribution in [1.82, 2.24) is 29.5 Å². The van der Waals surface area contributed by atoms with Gasteiger partial charge in [0.1, 0.15) is 11.6 Å². The van der Waals surface area contributed by atoms with Gasteiger partial charge in [0, 0.05) is 24.5 Å². The standard InChI is InChI=1S/C22H18N8O4S2/c31-35(32,27-21-10-14-25-29(21)19-8-1-3-12-23-19)17-6-5-7-18(16-17)36(33,34)28-22-11-15-26-30(22)20-9-2-4-13-24-20/h1-16,27-28H. The van der Waals surface area contributed by atoms with Crippen molar-refractivity contribution < 1.29 is 16.8 Å². The number of hydrogen-bond donors (Lipinski definition) is 2. The maximum absolute atomic E-state index is 13.1. The zero-order valence-electron chi connectivity index (χ0n) is 18.4. The number of sulfonamides is 2. The molecule has 0 aliphatic carbocycles. The molecule has 0 radical (unpaired) electrons. The van der Waals surface area contributed by atoms with E-state index in [9.17, 15) is 16.8 Å². The van der Waals surface area contributed by atoms with Crippen molar-refractivity contribution in [1.29, 1.82) is 0 Å². The average Bonchev–Trinajstić information content (AvgIpc) is 3.54. The quantitative estimate of drug-likeness (QED) is 0.315. The van der Waals surface area contributed by atoms with Crippen LogP contribution in [-0.2, 0) is 20.0 Å². The summed E-state index contributed by atoms with van der Waals surface area (Å²) in [7, 11) is -8.34. The van der Waals surface area contributed by atoms with Gasteiger partial charge < -0.3 is 0 Å². The zero-order chi connectivity index (χ0) is 25.2. The summed E-state index contributed by atoms with van der Waals surface area (Å²) in [5, 5.41) is 8.21. The van der Waals surface area contributed by atoms with Gasteiger partial charge in [-0.25, -0.2) is 26.8 Å². The highest BCUT2D eigenvalue weighted by atomic mass is 32.2. The second-order valence-electron chi connectivity index (χ2n) is 7.32. The first-order chi connectivity index (χ1) is 17.3. The second kappa shape index (κ2) is 9.24. The molecule has 0 saturated carbocycles. The van der Waals surface area contributed by atoms with Crippen molar-refractivity contribution in [2.75, 3.05) is 9.44 Å². The minimum absolute atomic E-state index is 0.138. The molecule has 0 atom stereocenters. The fourth-order valence-corrected chi connectivity index (χ4v) is 5.54. The lowest BCUT2D eigenvalue weighted by Crippen LogP contribution is -2.19. The average molecular weight is 523 g/mol. The summed E-state index contributed by atoms with van der Waals surface area (Å²) >= 11 is 0. The van der Waals surface area contributed by atoms with Crippen molar-refractivity contribution in [3.05, 3.63) is 97.6 Å². The normalized spacial score (nSPS) is 11.8. The highest BCUT2D eigenvalue weighted by Crippen LogP contribution is 2.23. The number of rotatable bonds is 8. The van der Waals surface area contributed by atoms with Crippen molar-refractivity contribution in [3.8, 4) is 11.6 Å². The summed E-state index contributed by atoms with van der Waals surface area (Å²) in [6.45, 7) is 0. The Morgan fingerprint density at radius 3 is 1.44 bits per heavy atom. The maximum atomic E-state index is 13.1. The summed E-state index contributed by atoms with van der Waals surface area (Å²) < 4.78 is 59.9. The summed E-state index contributed by atoms with van der Waals surface area (Å²) in [5.41, 5.74) is 0. The van der Waals surface area contributed by atoms with Crippen LogP contribution >= 0.6 is 0 Å². The number of aromatic nitrogens is 6. The Labute approximate surface area is 206 Å². The van der Waals surface area contributed by atoms with Crippen molar-refractivity contribution in [3.63, 3.8) is 0 Å². The van der Waals surface area contributed by atoms with Crippen LogP contribution in [0.3, 0.4) is 0 Å². The SMILES string of the molecule is O=S(=O)(Nc1ccnn1-c1ccccn1)c1cccc(S(=O)(=O)Nc2ccnn2-c2ccccn2)c1. The number of nitrogens with zero attached hydrogens (tertiary/aromatic N) is 6. The van der Waals surface area contributed by atoms with Crippen LogP contribution in [0.25, 0.3) is 11.6 Å². The summed E-state index contributed by atoms with van der Waals surface area (Å²) in [6, 6.07) is 18.2. The van der Waals surface area contributed by atoms with E-state index in [-0.39, 0.29) is 21.4 Å². The molecule has 182 valence electrons.